The number of aryl methyl sites for hydroxylation is 2. The van der Waals surface area contributed by atoms with E-state index in [9.17, 15) is 9.59 Å². The van der Waals surface area contributed by atoms with E-state index in [4.69, 9.17) is 16.3 Å². The first kappa shape index (κ1) is 22.8. The zero-order valence-electron chi connectivity index (χ0n) is 17.7. The predicted octanol–water partition coefficient (Wildman–Crippen LogP) is 4.20. The summed E-state index contributed by atoms with van der Waals surface area (Å²) in [5.41, 5.74) is 3.96. The molecular weight excluding hydrogens is 388 g/mol. The molecule has 0 spiro atoms. The monoisotopic (exact) mass is 416 g/mol. The van der Waals surface area contributed by atoms with E-state index in [2.05, 4.69) is 11.4 Å². The minimum absolute atomic E-state index is 0.151. The maximum Gasteiger partial charge on any atom is 0.261 e. The first-order valence-corrected chi connectivity index (χ1v) is 10.1. The number of halogens is 1. The van der Waals surface area contributed by atoms with E-state index >= 15 is 0 Å². The molecule has 6 heteroatoms. The van der Waals surface area contributed by atoms with Crippen molar-refractivity contribution in [1.29, 1.82) is 0 Å². The Kier molecular flexibility index (Phi) is 8.09. The number of nitrogens with one attached hydrogen (secondary N) is 1. The fourth-order valence-electron chi connectivity index (χ4n) is 3.27. The molecule has 1 unspecified atom stereocenters. The predicted molar refractivity (Wildman–Crippen MR) is 116 cm³/mol. The molecule has 29 heavy (non-hydrogen) atoms. The molecule has 1 N–H and O–H groups in total. The van der Waals surface area contributed by atoms with Crippen LogP contribution in [0.4, 0.5) is 0 Å². The molecule has 2 amide bonds. The van der Waals surface area contributed by atoms with Crippen molar-refractivity contribution in [1.82, 2.24) is 10.2 Å². The number of carbonyl (C=O) groups is 2. The van der Waals surface area contributed by atoms with Crippen LogP contribution in [-0.4, -0.2) is 36.4 Å². The van der Waals surface area contributed by atoms with Crippen LogP contribution in [0.2, 0.25) is 5.02 Å². The zero-order chi connectivity index (χ0) is 21.6. The van der Waals surface area contributed by atoms with Gasteiger partial charge in [-0.2, -0.15) is 0 Å². The number of nitrogens with zero attached hydrogens (tertiary/aromatic N) is 1. The second-order valence-corrected chi connectivity index (χ2v) is 7.55. The molecule has 0 aliphatic heterocycles. The Hall–Kier alpha value is -2.53. The van der Waals surface area contributed by atoms with Crippen LogP contribution in [0.3, 0.4) is 0 Å². The van der Waals surface area contributed by atoms with Gasteiger partial charge in [0.05, 0.1) is 0 Å². The summed E-state index contributed by atoms with van der Waals surface area (Å²) < 4.78 is 5.86. The van der Waals surface area contributed by atoms with Gasteiger partial charge in [0.25, 0.3) is 5.91 Å². The summed E-state index contributed by atoms with van der Waals surface area (Å²) in [6.07, 6.45) is 0.485. The van der Waals surface area contributed by atoms with Gasteiger partial charge in [0.1, 0.15) is 11.8 Å². The number of carbonyl (C=O) groups excluding carboxylic acids is 2. The van der Waals surface area contributed by atoms with E-state index < -0.39 is 6.04 Å². The second kappa shape index (κ2) is 10.3. The molecule has 1 atom stereocenters. The van der Waals surface area contributed by atoms with Crippen molar-refractivity contribution in [3.63, 3.8) is 0 Å². The lowest BCUT2D eigenvalue weighted by atomic mass is 10.1. The largest absolute Gasteiger partial charge is 0.483 e. The first-order valence-electron chi connectivity index (χ1n) is 9.73. The molecule has 5 nitrogen and oxygen atoms in total. The van der Waals surface area contributed by atoms with Crippen molar-refractivity contribution in [3.05, 3.63) is 63.7 Å². The van der Waals surface area contributed by atoms with Crippen LogP contribution in [0, 0.1) is 20.8 Å². The molecule has 0 fully saturated rings. The molecule has 0 aromatic heterocycles. The van der Waals surface area contributed by atoms with E-state index in [1.54, 1.807) is 13.1 Å². The Bertz CT molecular complexity index is 882. The van der Waals surface area contributed by atoms with Crippen molar-refractivity contribution in [2.45, 2.75) is 46.7 Å². The van der Waals surface area contributed by atoms with Gasteiger partial charge in [0.15, 0.2) is 6.61 Å². The number of hydrogen-bond donors (Lipinski definition) is 1. The lowest BCUT2D eigenvalue weighted by Crippen LogP contribution is -2.49. The van der Waals surface area contributed by atoms with Gasteiger partial charge >= 0.3 is 0 Å². The molecule has 156 valence electrons. The highest BCUT2D eigenvalue weighted by Crippen LogP contribution is 2.24. The Morgan fingerprint density at radius 2 is 1.86 bits per heavy atom. The van der Waals surface area contributed by atoms with Gasteiger partial charge in [-0.05, 0) is 61.6 Å². The summed E-state index contributed by atoms with van der Waals surface area (Å²) in [6.45, 7) is 7.93. The van der Waals surface area contributed by atoms with Crippen molar-refractivity contribution >= 4 is 23.4 Å². The number of benzene rings is 2. The van der Waals surface area contributed by atoms with Gasteiger partial charge in [0.2, 0.25) is 5.91 Å². The third kappa shape index (κ3) is 5.73. The standard InChI is InChI=1S/C23H29ClN2O3/c1-6-20(23(28)25-5)26(13-18-9-7-8-10-19(18)24)22(27)14-29-21-12-15(2)11-16(3)17(21)4/h7-12,20H,6,13-14H2,1-5H3,(H,25,28). The van der Waals surface area contributed by atoms with Gasteiger partial charge < -0.3 is 15.0 Å². The minimum atomic E-state index is -0.604. The molecule has 0 aliphatic carbocycles. The summed E-state index contributed by atoms with van der Waals surface area (Å²) in [5.74, 6) is 0.205. The van der Waals surface area contributed by atoms with Crippen LogP contribution >= 0.6 is 11.6 Å². The average molecular weight is 417 g/mol. The van der Waals surface area contributed by atoms with Gasteiger partial charge in [-0.1, -0.05) is 42.8 Å². The molecule has 0 bridgehead atoms. The van der Waals surface area contributed by atoms with Gasteiger partial charge in [-0.25, -0.2) is 0 Å². The third-order valence-corrected chi connectivity index (χ3v) is 5.41. The molecular formula is C23H29ClN2O3. The lowest BCUT2D eigenvalue weighted by molar-refractivity contribution is -0.142. The average Bonchev–Trinajstić information content (AvgIpc) is 2.70. The Morgan fingerprint density at radius 1 is 1.17 bits per heavy atom. The molecule has 2 aromatic carbocycles. The fraction of sp³-hybridized carbons (Fsp3) is 0.391. The fourth-order valence-corrected chi connectivity index (χ4v) is 3.46. The second-order valence-electron chi connectivity index (χ2n) is 7.14. The smallest absolute Gasteiger partial charge is 0.261 e. The number of likely N-dealkylation sites (N-methyl/N-ethyl adjacent to an activating group) is 1. The zero-order valence-corrected chi connectivity index (χ0v) is 18.5. The highest BCUT2D eigenvalue weighted by atomic mass is 35.5. The molecule has 0 aliphatic rings. The van der Waals surface area contributed by atoms with E-state index in [0.29, 0.717) is 17.2 Å². The van der Waals surface area contributed by atoms with Gasteiger partial charge in [-0.15, -0.1) is 0 Å². The summed E-state index contributed by atoms with van der Waals surface area (Å²) in [6, 6.07) is 10.7. The van der Waals surface area contributed by atoms with E-state index in [0.717, 1.165) is 22.3 Å². The molecule has 2 rings (SSSR count). The van der Waals surface area contributed by atoms with Crippen molar-refractivity contribution in [3.8, 4) is 5.75 Å². The van der Waals surface area contributed by atoms with Crippen molar-refractivity contribution < 1.29 is 14.3 Å². The summed E-state index contributed by atoms with van der Waals surface area (Å²) >= 11 is 6.29. The Labute approximate surface area is 178 Å². The molecule has 0 saturated heterocycles. The number of ether oxygens (including phenoxy) is 1. The highest BCUT2D eigenvalue weighted by molar-refractivity contribution is 6.31. The van der Waals surface area contributed by atoms with E-state index in [-0.39, 0.29) is 25.0 Å². The van der Waals surface area contributed by atoms with Crippen LogP contribution in [0.5, 0.6) is 5.75 Å². The number of hydrogen-bond acceptors (Lipinski definition) is 3. The van der Waals surface area contributed by atoms with Crippen LogP contribution in [0.15, 0.2) is 36.4 Å². The molecule has 2 aromatic rings. The SMILES string of the molecule is CCC(C(=O)NC)N(Cc1ccccc1Cl)C(=O)COc1cc(C)cc(C)c1C. The van der Waals surface area contributed by atoms with Gasteiger partial charge in [0, 0.05) is 18.6 Å². The summed E-state index contributed by atoms with van der Waals surface area (Å²) in [5, 5.41) is 3.20. The highest BCUT2D eigenvalue weighted by Gasteiger charge is 2.28. The maximum absolute atomic E-state index is 13.1. The van der Waals surface area contributed by atoms with Crippen LogP contribution in [0.1, 0.15) is 35.6 Å². The van der Waals surface area contributed by atoms with Crippen molar-refractivity contribution in [2.24, 2.45) is 0 Å². The van der Waals surface area contributed by atoms with Gasteiger partial charge in [-0.3, -0.25) is 9.59 Å². The number of amides is 2. The normalized spacial score (nSPS) is 11.7. The van der Waals surface area contributed by atoms with Crippen molar-refractivity contribution in [2.75, 3.05) is 13.7 Å². The van der Waals surface area contributed by atoms with Crippen LogP contribution in [-0.2, 0) is 16.1 Å². The van der Waals surface area contributed by atoms with E-state index in [1.165, 1.54) is 4.90 Å². The van der Waals surface area contributed by atoms with E-state index in [1.807, 2.05) is 52.0 Å². The van der Waals surface area contributed by atoms with Crippen LogP contribution in [0.25, 0.3) is 0 Å². The topological polar surface area (TPSA) is 58.6 Å². The number of rotatable bonds is 8. The Morgan fingerprint density at radius 3 is 2.48 bits per heavy atom. The minimum Gasteiger partial charge on any atom is -0.483 e. The maximum atomic E-state index is 13.1. The lowest BCUT2D eigenvalue weighted by Gasteiger charge is -2.30. The molecule has 0 radical (unpaired) electrons. The quantitative estimate of drug-likeness (QED) is 0.701. The summed E-state index contributed by atoms with van der Waals surface area (Å²) in [4.78, 5) is 27.1. The third-order valence-electron chi connectivity index (χ3n) is 5.05. The molecule has 0 heterocycles. The first-order chi connectivity index (χ1) is 13.8. The molecule has 0 saturated carbocycles. The summed E-state index contributed by atoms with van der Waals surface area (Å²) in [7, 11) is 1.57. The Balaban J connectivity index is 2.26. The van der Waals surface area contributed by atoms with Crippen LogP contribution < -0.4 is 10.1 Å².